The van der Waals surface area contributed by atoms with Gasteiger partial charge in [0.25, 0.3) is 0 Å². The van der Waals surface area contributed by atoms with Crippen LogP contribution in [-0.4, -0.2) is 21.1 Å². The predicted molar refractivity (Wildman–Crippen MR) is 107 cm³/mol. The van der Waals surface area contributed by atoms with Gasteiger partial charge in [0, 0.05) is 29.1 Å². The first kappa shape index (κ1) is 16.6. The molecule has 3 heterocycles. The van der Waals surface area contributed by atoms with Crippen molar-refractivity contribution in [3.8, 4) is 22.1 Å². The molecule has 7 heteroatoms. The smallest absolute Gasteiger partial charge is 0.238 e. The van der Waals surface area contributed by atoms with Crippen molar-refractivity contribution < 1.29 is 9.53 Å². The van der Waals surface area contributed by atoms with Crippen molar-refractivity contribution >= 4 is 22.4 Å². The van der Waals surface area contributed by atoms with Gasteiger partial charge < -0.3 is 4.74 Å². The molecule has 5 rings (SSSR count). The van der Waals surface area contributed by atoms with Crippen molar-refractivity contribution in [1.29, 1.82) is 0 Å². The minimum absolute atomic E-state index is 0.166. The highest BCUT2D eigenvalue weighted by atomic mass is 32.1. The number of carbonyl (C=O) groups is 1. The fourth-order valence-corrected chi connectivity index (χ4v) is 4.01. The van der Waals surface area contributed by atoms with E-state index in [1.165, 1.54) is 11.3 Å². The molecule has 1 N–H and O–H groups in total. The van der Waals surface area contributed by atoms with Crippen LogP contribution in [0, 0.1) is 0 Å². The van der Waals surface area contributed by atoms with E-state index in [9.17, 15) is 4.79 Å². The first-order valence-electron chi connectivity index (χ1n) is 8.70. The van der Waals surface area contributed by atoms with Crippen molar-refractivity contribution in [1.82, 2.24) is 15.2 Å². The molecule has 0 saturated carbocycles. The summed E-state index contributed by atoms with van der Waals surface area (Å²) in [5.74, 6) is 0.738. The molecule has 4 aromatic rings. The van der Waals surface area contributed by atoms with Crippen LogP contribution in [0.5, 0.6) is 11.5 Å². The van der Waals surface area contributed by atoms with Crippen molar-refractivity contribution in [3.05, 3.63) is 84.2 Å². The lowest BCUT2D eigenvalue weighted by Gasteiger charge is -2.27. The molecule has 1 amide bonds. The van der Waals surface area contributed by atoms with Crippen LogP contribution in [0.3, 0.4) is 0 Å². The van der Waals surface area contributed by atoms with E-state index in [1.807, 2.05) is 60.7 Å². The Bertz CT molecular complexity index is 1110. The van der Waals surface area contributed by atoms with Crippen molar-refractivity contribution in [2.45, 2.75) is 5.92 Å². The molecule has 1 aliphatic heterocycles. The van der Waals surface area contributed by atoms with Gasteiger partial charge >= 0.3 is 0 Å². The minimum atomic E-state index is -0.477. The normalized spacial score (nSPS) is 12.6. The Balaban J connectivity index is 1.47. The van der Waals surface area contributed by atoms with Gasteiger partial charge in [-0.2, -0.15) is 0 Å². The molecule has 6 nitrogen and oxygen atoms in total. The standard InChI is InChI=1S/C21H14N4O2S/c26-19(23-21-25-24-20(28-21)13-9-11-22-12-10-13)18-14-5-1-3-7-16(14)27-17-8-4-2-6-15(17)18/h1-12,18H,(H,23,25,26). The summed E-state index contributed by atoms with van der Waals surface area (Å²) < 4.78 is 5.96. The number of pyridine rings is 1. The summed E-state index contributed by atoms with van der Waals surface area (Å²) >= 11 is 1.33. The summed E-state index contributed by atoms with van der Waals surface area (Å²) in [6.07, 6.45) is 3.40. The van der Waals surface area contributed by atoms with Crippen molar-refractivity contribution in [2.24, 2.45) is 0 Å². The zero-order chi connectivity index (χ0) is 18.9. The molecule has 2 aromatic carbocycles. The van der Waals surface area contributed by atoms with Crippen LogP contribution in [0.4, 0.5) is 5.13 Å². The number of para-hydroxylation sites is 2. The summed E-state index contributed by atoms with van der Waals surface area (Å²) in [5.41, 5.74) is 2.57. The van der Waals surface area contributed by atoms with Gasteiger partial charge in [-0.1, -0.05) is 47.7 Å². The molecule has 0 spiro atoms. The molecule has 0 unspecified atom stereocenters. The summed E-state index contributed by atoms with van der Waals surface area (Å²) in [6.45, 7) is 0. The third-order valence-electron chi connectivity index (χ3n) is 4.52. The Labute approximate surface area is 164 Å². The Morgan fingerprint density at radius 2 is 1.54 bits per heavy atom. The molecule has 2 aromatic heterocycles. The molecule has 0 aliphatic carbocycles. The molecule has 0 fully saturated rings. The second-order valence-corrected chi connectivity index (χ2v) is 7.23. The van der Waals surface area contributed by atoms with E-state index in [0.717, 1.165) is 21.7 Å². The number of nitrogens with zero attached hydrogens (tertiary/aromatic N) is 3. The Morgan fingerprint density at radius 3 is 2.21 bits per heavy atom. The molecule has 136 valence electrons. The number of benzene rings is 2. The number of hydrogen-bond donors (Lipinski definition) is 1. The zero-order valence-corrected chi connectivity index (χ0v) is 15.4. The van der Waals surface area contributed by atoms with Gasteiger partial charge in [0.15, 0.2) is 0 Å². The Morgan fingerprint density at radius 1 is 0.893 bits per heavy atom. The Hall–Kier alpha value is -3.58. The van der Waals surface area contributed by atoms with E-state index in [1.54, 1.807) is 12.4 Å². The van der Waals surface area contributed by atoms with Gasteiger partial charge in [0.1, 0.15) is 16.5 Å². The van der Waals surface area contributed by atoms with Gasteiger partial charge in [-0.3, -0.25) is 15.1 Å². The van der Waals surface area contributed by atoms with Crippen LogP contribution in [0.2, 0.25) is 0 Å². The van der Waals surface area contributed by atoms with E-state index < -0.39 is 5.92 Å². The van der Waals surface area contributed by atoms with Crippen LogP contribution < -0.4 is 10.1 Å². The number of carbonyl (C=O) groups excluding carboxylic acids is 1. The fraction of sp³-hybridized carbons (Fsp3) is 0.0476. The van der Waals surface area contributed by atoms with Gasteiger partial charge in [-0.15, -0.1) is 10.2 Å². The van der Waals surface area contributed by atoms with Gasteiger partial charge in [0.2, 0.25) is 11.0 Å². The maximum Gasteiger partial charge on any atom is 0.238 e. The third kappa shape index (κ3) is 2.91. The van der Waals surface area contributed by atoms with E-state index in [2.05, 4.69) is 20.5 Å². The highest BCUT2D eigenvalue weighted by Crippen LogP contribution is 2.44. The number of fused-ring (bicyclic) bond motifs is 2. The van der Waals surface area contributed by atoms with Crippen LogP contribution in [0.25, 0.3) is 10.6 Å². The van der Waals surface area contributed by atoms with Gasteiger partial charge in [0.05, 0.1) is 5.92 Å². The summed E-state index contributed by atoms with van der Waals surface area (Å²) in [4.78, 5) is 17.2. The molecular weight excluding hydrogens is 372 g/mol. The quantitative estimate of drug-likeness (QED) is 0.562. The van der Waals surface area contributed by atoms with E-state index in [4.69, 9.17) is 4.74 Å². The van der Waals surface area contributed by atoms with E-state index >= 15 is 0 Å². The van der Waals surface area contributed by atoms with Crippen LogP contribution >= 0.6 is 11.3 Å². The summed E-state index contributed by atoms with van der Waals surface area (Å²) in [7, 11) is 0. The second-order valence-electron chi connectivity index (χ2n) is 6.25. The van der Waals surface area contributed by atoms with Crippen molar-refractivity contribution in [3.63, 3.8) is 0 Å². The number of nitrogens with one attached hydrogen (secondary N) is 1. The first-order valence-corrected chi connectivity index (χ1v) is 9.52. The topological polar surface area (TPSA) is 77.0 Å². The third-order valence-corrected chi connectivity index (χ3v) is 5.41. The van der Waals surface area contributed by atoms with Crippen molar-refractivity contribution in [2.75, 3.05) is 5.32 Å². The average molecular weight is 386 g/mol. The summed E-state index contributed by atoms with van der Waals surface area (Å²) in [6, 6.07) is 18.9. The number of aromatic nitrogens is 3. The lowest BCUT2D eigenvalue weighted by atomic mass is 9.87. The van der Waals surface area contributed by atoms with Crippen LogP contribution in [-0.2, 0) is 4.79 Å². The lowest BCUT2D eigenvalue weighted by Crippen LogP contribution is -2.25. The predicted octanol–water partition coefficient (Wildman–Crippen LogP) is 4.48. The first-order chi connectivity index (χ1) is 13.8. The van der Waals surface area contributed by atoms with E-state index in [0.29, 0.717) is 16.6 Å². The highest BCUT2D eigenvalue weighted by molar-refractivity contribution is 7.18. The number of amides is 1. The maximum atomic E-state index is 13.2. The Kier molecular flexibility index (Phi) is 4.06. The molecule has 0 radical (unpaired) electrons. The fourth-order valence-electron chi connectivity index (χ4n) is 3.25. The zero-order valence-electron chi connectivity index (χ0n) is 14.6. The average Bonchev–Trinajstić information content (AvgIpc) is 3.21. The number of ether oxygens (including phenoxy) is 1. The molecule has 0 atom stereocenters. The second kappa shape index (κ2) is 6.86. The number of rotatable bonds is 3. The SMILES string of the molecule is O=C(Nc1nnc(-c2ccncc2)s1)C1c2ccccc2Oc2ccccc21. The molecule has 0 saturated heterocycles. The van der Waals surface area contributed by atoms with E-state index in [-0.39, 0.29) is 5.91 Å². The van der Waals surface area contributed by atoms with Gasteiger partial charge in [-0.05, 0) is 24.3 Å². The largest absolute Gasteiger partial charge is 0.457 e. The minimum Gasteiger partial charge on any atom is -0.457 e. The maximum absolute atomic E-state index is 13.2. The lowest BCUT2D eigenvalue weighted by molar-refractivity contribution is -0.116. The highest BCUT2D eigenvalue weighted by Gasteiger charge is 2.32. The molecule has 1 aliphatic rings. The van der Waals surface area contributed by atoms with Crippen LogP contribution in [0.15, 0.2) is 73.1 Å². The monoisotopic (exact) mass is 386 g/mol. The van der Waals surface area contributed by atoms with Gasteiger partial charge in [-0.25, -0.2) is 0 Å². The number of anilines is 1. The molecular formula is C21H14N4O2S. The molecule has 28 heavy (non-hydrogen) atoms. The number of hydrogen-bond acceptors (Lipinski definition) is 6. The van der Waals surface area contributed by atoms with Crippen LogP contribution in [0.1, 0.15) is 17.0 Å². The summed E-state index contributed by atoms with van der Waals surface area (Å²) in [5, 5.41) is 12.4. The molecule has 0 bridgehead atoms.